The predicted octanol–water partition coefficient (Wildman–Crippen LogP) is 4.92. The average Bonchev–Trinajstić information content (AvgIpc) is 2.64. The lowest BCUT2D eigenvalue weighted by Crippen LogP contribution is -2.22. The molecule has 0 radical (unpaired) electrons. The largest absolute Gasteiger partial charge is 0.497 e. The molecule has 0 aliphatic rings. The third-order valence-corrected chi connectivity index (χ3v) is 4.44. The summed E-state index contributed by atoms with van der Waals surface area (Å²) in [5, 5.41) is 2.49. The number of carbonyl (C=O) groups is 1. The number of aryl methyl sites for hydroxylation is 3. The number of aromatic nitrogens is 1. The molecule has 1 unspecified atom stereocenters. The van der Waals surface area contributed by atoms with E-state index in [4.69, 9.17) is 14.2 Å². The van der Waals surface area contributed by atoms with Crippen molar-refractivity contribution in [1.29, 1.82) is 0 Å². The topological polar surface area (TPSA) is 69.7 Å². The molecule has 6 heteroatoms. The molecule has 1 aromatic carbocycles. The molecule has 0 aliphatic carbocycles. The van der Waals surface area contributed by atoms with Gasteiger partial charge in [0.25, 0.3) is 0 Å². The first kappa shape index (κ1) is 20.6. The molecule has 146 valence electrons. The Kier molecular flexibility index (Phi) is 6.66. The fourth-order valence-corrected chi connectivity index (χ4v) is 3.01. The molecule has 2 rings (SSSR count). The second-order valence-electron chi connectivity index (χ2n) is 6.53. The van der Waals surface area contributed by atoms with E-state index in [9.17, 15) is 4.79 Å². The molecule has 6 nitrogen and oxygen atoms in total. The van der Waals surface area contributed by atoms with Gasteiger partial charge in [-0.05, 0) is 63.4 Å². The number of benzene rings is 1. The Hall–Kier alpha value is -2.76. The van der Waals surface area contributed by atoms with Gasteiger partial charge >= 0.3 is 6.09 Å². The van der Waals surface area contributed by atoms with Crippen molar-refractivity contribution >= 4 is 6.09 Å². The van der Waals surface area contributed by atoms with Gasteiger partial charge in [-0.15, -0.1) is 0 Å². The Morgan fingerprint density at radius 3 is 2.30 bits per heavy atom. The molecule has 0 aliphatic heterocycles. The highest BCUT2D eigenvalue weighted by atomic mass is 16.6. The van der Waals surface area contributed by atoms with Crippen LogP contribution < -0.4 is 14.8 Å². The van der Waals surface area contributed by atoms with E-state index in [0.717, 1.165) is 39.4 Å². The number of ether oxygens (including phenoxy) is 3. The van der Waals surface area contributed by atoms with E-state index >= 15 is 0 Å². The second-order valence-corrected chi connectivity index (χ2v) is 6.53. The molecular formula is C21H28N2O4. The number of amides is 1. The van der Waals surface area contributed by atoms with Gasteiger partial charge in [0, 0.05) is 23.9 Å². The number of pyridine rings is 1. The van der Waals surface area contributed by atoms with Crippen molar-refractivity contribution in [3.05, 3.63) is 46.1 Å². The zero-order chi connectivity index (χ0) is 20.1. The van der Waals surface area contributed by atoms with Gasteiger partial charge in [0.15, 0.2) is 0 Å². The molecule has 1 N–H and O–H groups in total. The number of hydrogen-bond donors (Lipinski definition) is 1. The lowest BCUT2D eigenvalue weighted by Gasteiger charge is -2.21. The Labute approximate surface area is 160 Å². The monoisotopic (exact) mass is 372 g/mol. The van der Waals surface area contributed by atoms with E-state index < -0.39 is 6.09 Å². The van der Waals surface area contributed by atoms with Gasteiger partial charge in [0.2, 0.25) is 5.88 Å². The molecule has 1 atom stereocenters. The van der Waals surface area contributed by atoms with Crippen LogP contribution in [0.5, 0.6) is 17.4 Å². The summed E-state index contributed by atoms with van der Waals surface area (Å²) in [4.78, 5) is 16.2. The minimum absolute atomic E-state index is 0.368. The Morgan fingerprint density at radius 2 is 1.78 bits per heavy atom. The Balaban J connectivity index is 2.45. The molecule has 0 bridgehead atoms. The van der Waals surface area contributed by atoms with Crippen molar-refractivity contribution < 1.29 is 19.0 Å². The number of methoxy groups -OCH3 is 1. The molecule has 0 fully saturated rings. The van der Waals surface area contributed by atoms with Crippen molar-refractivity contribution in [2.75, 3.05) is 14.2 Å². The van der Waals surface area contributed by atoms with Crippen LogP contribution in [0.2, 0.25) is 0 Å². The van der Waals surface area contributed by atoms with Crippen LogP contribution in [0.4, 0.5) is 4.79 Å². The van der Waals surface area contributed by atoms with Gasteiger partial charge < -0.3 is 19.5 Å². The number of nitrogens with zero attached hydrogens (tertiary/aromatic N) is 1. The Bertz CT molecular complexity index is 810. The van der Waals surface area contributed by atoms with Gasteiger partial charge in [-0.3, -0.25) is 0 Å². The molecule has 1 aromatic heterocycles. The molecule has 1 heterocycles. The number of hydrogen-bond acceptors (Lipinski definition) is 5. The molecular weight excluding hydrogens is 344 g/mol. The SMILES string of the molecule is CCC(OC(=O)NC)c1cc(C)nc(Oc2c(C)cc(OC)cc2C)c1C. The zero-order valence-corrected chi connectivity index (χ0v) is 17.1. The van der Waals surface area contributed by atoms with E-state index in [1.165, 1.54) is 0 Å². The molecule has 2 aromatic rings. The molecule has 0 saturated heterocycles. The molecule has 27 heavy (non-hydrogen) atoms. The summed E-state index contributed by atoms with van der Waals surface area (Å²) in [7, 11) is 3.19. The first-order chi connectivity index (χ1) is 12.8. The van der Waals surface area contributed by atoms with Crippen molar-refractivity contribution in [1.82, 2.24) is 10.3 Å². The number of carbonyl (C=O) groups excluding carboxylic acids is 1. The summed E-state index contributed by atoms with van der Waals surface area (Å²) in [5.41, 5.74) is 4.47. The smallest absolute Gasteiger partial charge is 0.407 e. The van der Waals surface area contributed by atoms with E-state index in [-0.39, 0.29) is 6.10 Å². The highest BCUT2D eigenvalue weighted by molar-refractivity contribution is 5.67. The highest BCUT2D eigenvalue weighted by Gasteiger charge is 2.21. The summed E-state index contributed by atoms with van der Waals surface area (Å²) in [6.45, 7) is 9.75. The van der Waals surface area contributed by atoms with Crippen LogP contribution in [0.25, 0.3) is 0 Å². The van der Waals surface area contributed by atoms with Crippen LogP contribution in [-0.2, 0) is 4.74 Å². The van der Waals surface area contributed by atoms with Gasteiger partial charge in [-0.25, -0.2) is 9.78 Å². The summed E-state index contributed by atoms with van der Waals surface area (Å²) < 4.78 is 17.0. The zero-order valence-electron chi connectivity index (χ0n) is 17.1. The number of nitrogens with one attached hydrogen (secondary N) is 1. The third-order valence-electron chi connectivity index (χ3n) is 4.44. The quantitative estimate of drug-likeness (QED) is 0.779. The van der Waals surface area contributed by atoms with Crippen LogP contribution in [0.3, 0.4) is 0 Å². The van der Waals surface area contributed by atoms with Crippen LogP contribution in [0.15, 0.2) is 18.2 Å². The average molecular weight is 372 g/mol. The number of rotatable bonds is 6. The highest BCUT2D eigenvalue weighted by Crippen LogP contribution is 2.36. The maximum atomic E-state index is 11.7. The first-order valence-electron chi connectivity index (χ1n) is 9.00. The van der Waals surface area contributed by atoms with Gasteiger partial charge in [-0.1, -0.05) is 6.92 Å². The van der Waals surface area contributed by atoms with Gasteiger partial charge in [-0.2, -0.15) is 0 Å². The lowest BCUT2D eigenvalue weighted by atomic mass is 10.0. The summed E-state index contributed by atoms with van der Waals surface area (Å²) in [6, 6.07) is 5.79. The molecule has 1 amide bonds. The minimum atomic E-state index is -0.458. The molecule has 0 spiro atoms. The van der Waals surface area contributed by atoms with Gasteiger partial charge in [0.1, 0.15) is 17.6 Å². The van der Waals surface area contributed by atoms with Crippen LogP contribution in [0.1, 0.15) is 47.4 Å². The van der Waals surface area contributed by atoms with Crippen molar-refractivity contribution in [2.45, 2.75) is 47.1 Å². The van der Waals surface area contributed by atoms with Crippen molar-refractivity contribution in [2.24, 2.45) is 0 Å². The summed E-state index contributed by atoms with van der Waals surface area (Å²) in [5.74, 6) is 2.06. The van der Waals surface area contributed by atoms with E-state index in [1.54, 1.807) is 14.2 Å². The van der Waals surface area contributed by atoms with Crippen molar-refractivity contribution in [3.63, 3.8) is 0 Å². The van der Waals surface area contributed by atoms with Crippen LogP contribution >= 0.6 is 0 Å². The van der Waals surface area contributed by atoms with E-state index in [0.29, 0.717) is 12.3 Å². The fraction of sp³-hybridized carbons (Fsp3) is 0.429. The minimum Gasteiger partial charge on any atom is -0.497 e. The molecule has 0 saturated carbocycles. The fourth-order valence-electron chi connectivity index (χ4n) is 3.01. The summed E-state index contributed by atoms with van der Waals surface area (Å²) >= 11 is 0. The Morgan fingerprint density at radius 1 is 1.15 bits per heavy atom. The standard InChI is InChI=1S/C21H28N2O4/c1-8-18(26-21(24)22-6)17-11-14(4)23-20(15(17)5)27-19-12(2)9-16(25-7)10-13(19)3/h9-11,18H,8H2,1-7H3,(H,22,24). The second kappa shape index (κ2) is 8.75. The number of alkyl carbamates (subject to hydrolysis) is 1. The van der Waals surface area contributed by atoms with E-state index in [1.807, 2.05) is 52.8 Å². The lowest BCUT2D eigenvalue weighted by molar-refractivity contribution is 0.0964. The predicted molar refractivity (Wildman–Crippen MR) is 105 cm³/mol. The van der Waals surface area contributed by atoms with E-state index in [2.05, 4.69) is 10.3 Å². The van der Waals surface area contributed by atoms with Gasteiger partial charge in [0.05, 0.1) is 7.11 Å². The maximum absolute atomic E-state index is 11.7. The van der Waals surface area contributed by atoms with Crippen LogP contribution in [0, 0.1) is 27.7 Å². The summed E-state index contributed by atoms with van der Waals surface area (Å²) in [6.07, 6.45) is -0.176. The van der Waals surface area contributed by atoms with Crippen LogP contribution in [-0.4, -0.2) is 25.2 Å². The third kappa shape index (κ3) is 4.70. The maximum Gasteiger partial charge on any atom is 0.407 e. The first-order valence-corrected chi connectivity index (χ1v) is 9.00. The normalized spacial score (nSPS) is 11.7. The van der Waals surface area contributed by atoms with Crippen molar-refractivity contribution in [3.8, 4) is 17.4 Å².